The van der Waals surface area contributed by atoms with E-state index in [1.807, 2.05) is 38.1 Å². The summed E-state index contributed by atoms with van der Waals surface area (Å²) in [5, 5.41) is 2.07. The van der Waals surface area contributed by atoms with Crippen molar-refractivity contribution in [3.05, 3.63) is 68.4 Å². The Hall–Kier alpha value is -2.30. The highest BCUT2D eigenvalue weighted by Gasteiger charge is 2.31. The number of thiophene rings is 2. The van der Waals surface area contributed by atoms with Crippen LogP contribution >= 0.6 is 22.7 Å². The van der Waals surface area contributed by atoms with Crippen molar-refractivity contribution in [1.29, 1.82) is 0 Å². The van der Waals surface area contributed by atoms with Gasteiger partial charge in [0, 0.05) is 41.4 Å². The molecular weight excluding hydrogens is 336 g/mol. The van der Waals surface area contributed by atoms with Crippen LogP contribution in [0.15, 0.2) is 36.4 Å². The average molecular weight is 348 g/mol. The van der Waals surface area contributed by atoms with Crippen LogP contribution in [-0.4, -0.2) is 11.6 Å². The number of carbonyl (C=O) groups is 2. The summed E-state index contributed by atoms with van der Waals surface area (Å²) in [6.45, 7) is 4.08. The normalized spacial score (nSPS) is 13.6. The third kappa shape index (κ3) is 1.81. The molecule has 0 spiro atoms. The monoisotopic (exact) mass is 348 g/mol. The molecule has 0 saturated heterocycles. The molecule has 1 aliphatic carbocycles. The van der Waals surface area contributed by atoms with Crippen molar-refractivity contribution in [2.24, 2.45) is 0 Å². The summed E-state index contributed by atoms with van der Waals surface area (Å²) in [6, 6.07) is 11.7. The maximum Gasteiger partial charge on any atom is 0.194 e. The van der Waals surface area contributed by atoms with Gasteiger partial charge in [0.2, 0.25) is 0 Å². The number of rotatable bonds is 0. The van der Waals surface area contributed by atoms with E-state index in [0.717, 1.165) is 20.2 Å². The summed E-state index contributed by atoms with van der Waals surface area (Å²) >= 11 is 3.31. The number of hydrogen-bond acceptors (Lipinski definition) is 4. The molecule has 24 heavy (non-hydrogen) atoms. The second-order valence-corrected chi connectivity index (χ2v) is 8.82. The molecule has 2 nitrogen and oxygen atoms in total. The molecule has 0 N–H and O–H groups in total. The van der Waals surface area contributed by atoms with Crippen molar-refractivity contribution in [2.75, 3.05) is 0 Å². The molecule has 0 atom stereocenters. The zero-order valence-electron chi connectivity index (χ0n) is 13.1. The first-order valence-corrected chi connectivity index (χ1v) is 9.32. The van der Waals surface area contributed by atoms with E-state index >= 15 is 0 Å². The Kier molecular flexibility index (Phi) is 2.71. The molecule has 0 unspecified atom stereocenters. The summed E-state index contributed by atoms with van der Waals surface area (Å²) in [5.74, 6) is -0.0865. The molecule has 0 radical (unpaired) electrons. The molecule has 0 amide bonds. The number of aryl methyl sites for hydroxylation is 2. The minimum Gasteiger partial charge on any atom is -0.289 e. The van der Waals surface area contributed by atoms with E-state index in [-0.39, 0.29) is 11.6 Å². The van der Waals surface area contributed by atoms with Crippen LogP contribution in [0.1, 0.15) is 41.6 Å². The molecule has 116 valence electrons. The van der Waals surface area contributed by atoms with Gasteiger partial charge in [0.25, 0.3) is 0 Å². The van der Waals surface area contributed by atoms with E-state index in [4.69, 9.17) is 0 Å². The quantitative estimate of drug-likeness (QED) is 0.370. The van der Waals surface area contributed by atoms with E-state index < -0.39 is 0 Å². The predicted molar refractivity (Wildman–Crippen MR) is 100.0 cm³/mol. The number of carbonyl (C=O) groups excluding carboxylic acids is 2. The van der Waals surface area contributed by atoms with Gasteiger partial charge in [-0.2, -0.15) is 0 Å². The summed E-state index contributed by atoms with van der Waals surface area (Å²) in [7, 11) is 0. The highest BCUT2D eigenvalue weighted by Crippen LogP contribution is 2.36. The Bertz CT molecular complexity index is 1030. The Morgan fingerprint density at radius 3 is 1.38 bits per heavy atom. The Labute approximate surface area is 146 Å². The minimum atomic E-state index is -0.0432. The van der Waals surface area contributed by atoms with Crippen molar-refractivity contribution in [3.8, 4) is 0 Å². The molecule has 0 bridgehead atoms. The maximum atomic E-state index is 13.0. The Morgan fingerprint density at radius 1 is 0.583 bits per heavy atom. The van der Waals surface area contributed by atoms with Crippen LogP contribution in [0.3, 0.4) is 0 Å². The Balaban J connectivity index is 1.83. The smallest absolute Gasteiger partial charge is 0.194 e. The van der Waals surface area contributed by atoms with Crippen molar-refractivity contribution >= 4 is 54.4 Å². The van der Waals surface area contributed by atoms with Crippen LogP contribution in [0.2, 0.25) is 0 Å². The molecular formula is C20H12O2S2. The lowest BCUT2D eigenvalue weighted by Crippen LogP contribution is -2.20. The van der Waals surface area contributed by atoms with Crippen LogP contribution < -0.4 is 0 Å². The molecule has 0 saturated carbocycles. The SMILES string of the molecule is Cc1cc2cc3c(cc2s1)C(=O)c1cc2cc(C)sc2cc1C3=O. The predicted octanol–water partition coefficient (Wildman–Crippen LogP) is 5.51. The van der Waals surface area contributed by atoms with E-state index in [9.17, 15) is 9.59 Å². The van der Waals surface area contributed by atoms with Gasteiger partial charge in [-0.25, -0.2) is 0 Å². The Morgan fingerprint density at radius 2 is 0.958 bits per heavy atom. The fourth-order valence-corrected chi connectivity index (χ4v) is 5.37. The van der Waals surface area contributed by atoms with Gasteiger partial charge in [-0.15, -0.1) is 22.7 Å². The summed E-state index contributed by atoms with van der Waals surface area (Å²) < 4.78 is 2.12. The van der Waals surface area contributed by atoms with E-state index in [2.05, 4.69) is 12.1 Å². The molecule has 2 aromatic heterocycles. The number of fused-ring (bicyclic) bond motifs is 4. The topological polar surface area (TPSA) is 34.1 Å². The highest BCUT2D eigenvalue weighted by molar-refractivity contribution is 7.19. The van der Waals surface area contributed by atoms with Crippen LogP contribution in [0.4, 0.5) is 0 Å². The first kappa shape index (κ1) is 14.1. The molecule has 0 fully saturated rings. The van der Waals surface area contributed by atoms with Crippen LogP contribution in [-0.2, 0) is 0 Å². The molecule has 5 rings (SSSR count). The minimum absolute atomic E-state index is 0.0432. The fraction of sp³-hybridized carbons (Fsp3) is 0.100. The molecule has 2 aromatic carbocycles. The summed E-state index contributed by atoms with van der Waals surface area (Å²) in [6.07, 6.45) is 0. The van der Waals surface area contributed by atoms with Gasteiger partial charge in [0.15, 0.2) is 11.6 Å². The second kappa shape index (κ2) is 4.62. The highest BCUT2D eigenvalue weighted by atomic mass is 32.1. The third-order valence-corrected chi connectivity index (χ3v) is 6.56. The fourth-order valence-electron chi connectivity index (χ4n) is 3.48. The van der Waals surface area contributed by atoms with Gasteiger partial charge >= 0.3 is 0 Å². The maximum absolute atomic E-state index is 13.0. The molecule has 4 heteroatoms. The number of hydrogen-bond donors (Lipinski definition) is 0. The van der Waals surface area contributed by atoms with E-state index in [1.54, 1.807) is 22.7 Å². The van der Waals surface area contributed by atoms with Crippen LogP contribution in [0.5, 0.6) is 0 Å². The lowest BCUT2D eigenvalue weighted by atomic mass is 9.83. The average Bonchev–Trinajstić information content (AvgIpc) is 3.09. The zero-order valence-corrected chi connectivity index (χ0v) is 14.7. The first-order chi connectivity index (χ1) is 11.5. The van der Waals surface area contributed by atoms with Crippen LogP contribution in [0.25, 0.3) is 20.2 Å². The van der Waals surface area contributed by atoms with Crippen molar-refractivity contribution in [3.63, 3.8) is 0 Å². The third-order valence-electron chi connectivity index (χ3n) is 4.54. The summed E-state index contributed by atoms with van der Waals surface area (Å²) in [4.78, 5) is 28.4. The molecule has 4 aromatic rings. The molecule has 1 aliphatic rings. The van der Waals surface area contributed by atoms with Crippen LogP contribution in [0, 0.1) is 13.8 Å². The van der Waals surface area contributed by atoms with E-state index in [0.29, 0.717) is 22.3 Å². The van der Waals surface area contributed by atoms with Crippen molar-refractivity contribution in [2.45, 2.75) is 13.8 Å². The number of ketones is 2. The standard InChI is InChI=1S/C20H12O2S2/c1-9-3-11-5-13-15(7-17(11)23-9)20(22)14-6-12-4-10(2)24-18(12)8-16(14)19(13)21/h3-8H,1-2H3. The zero-order chi connectivity index (χ0) is 16.6. The molecule has 0 aliphatic heterocycles. The van der Waals surface area contributed by atoms with Gasteiger partial charge in [-0.1, -0.05) is 0 Å². The van der Waals surface area contributed by atoms with Gasteiger partial charge in [-0.05, 0) is 61.0 Å². The number of benzene rings is 2. The van der Waals surface area contributed by atoms with Gasteiger partial charge in [-0.3, -0.25) is 9.59 Å². The first-order valence-electron chi connectivity index (χ1n) is 7.69. The molecule has 2 heterocycles. The van der Waals surface area contributed by atoms with Gasteiger partial charge in [0.1, 0.15) is 0 Å². The van der Waals surface area contributed by atoms with Crippen molar-refractivity contribution < 1.29 is 9.59 Å². The lowest BCUT2D eigenvalue weighted by Gasteiger charge is -2.17. The van der Waals surface area contributed by atoms with E-state index in [1.165, 1.54) is 9.75 Å². The van der Waals surface area contributed by atoms with Gasteiger partial charge < -0.3 is 0 Å². The lowest BCUT2D eigenvalue weighted by molar-refractivity contribution is 0.0979. The largest absolute Gasteiger partial charge is 0.289 e. The summed E-state index contributed by atoms with van der Waals surface area (Å²) in [5.41, 5.74) is 2.14. The van der Waals surface area contributed by atoms with Gasteiger partial charge in [0.05, 0.1) is 0 Å². The second-order valence-electron chi connectivity index (χ2n) is 6.24. The van der Waals surface area contributed by atoms with Crippen molar-refractivity contribution in [1.82, 2.24) is 0 Å².